The van der Waals surface area contributed by atoms with Crippen LogP contribution in [0.1, 0.15) is 57.3 Å². The third kappa shape index (κ3) is 2.66. The fourth-order valence-corrected chi connectivity index (χ4v) is 2.83. The van der Waals surface area contributed by atoms with E-state index in [0.29, 0.717) is 25.8 Å². The number of amides is 1. The number of hydrogen-bond acceptors (Lipinski definition) is 3. The summed E-state index contributed by atoms with van der Waals surface area (Å²) in [6, 6.07) is 7.87. The molecule has 0 aromatic heterocycles. The predicted octanol–water partition coefficient (Wildman–Crippen LogP) is 3.06. The molecule has 0 fully saturated rings. The van der Waals surface area contributed by atoms with E-state index in [4.69, 9.17) is 5.26 Å². The van der Waals surface area contributed by atoms with Crippen molar-refractivity contribution in [2.75, 3.05) is 11.4 Å². The second kappa shape index (κ2) is 5.87. The quantitative estimate of drug-likeness (QED) is 0.846. The van der Waals surface area contributed by atoms with Gasteiger partial charge >= 0.3 is 0 Å². The van der Waals surface area contributed by atoms with E-state index in [2.05, 4.69) is 6.07 Å². The summed E-state index contributed by atoms with van der Waals surface area (Å²) in [6.45, 7) is 6.34. The Kier molecular flexibility index (Phi) is 4.34. The number of anilines is 1. The van der Waals surface area contributed by atoms with E-state index in [-0.39, 0.29) is 5.91 Å². The third-order valence-corrected chi connectivity index (χ3v) is 4.21. The van der Waals surface area contributed by atoms with Crippen LogP contribution >= 0.6 is 0 Å². The number of rotatable bonds is 5. The van der Waals surface area contributed by atoms with Crippen LogP contribution in [0.3, 0.4) is 0 Å². The van der Waals surface area contributed by atoms with Gasteiger partial charge in [0.1, 0.15) is 0 Å². The zero-order chi connectivity index (χ0) is 15.6. The molecule has 0 aliphatic carbocycles. The number of fused-ring (bicyclic) bond motifs is 1. The smallest absolute Gasteiger partial charge is 0.237 e. The Morgan fingerprint density at radius 1 is 1.43 bits per heavy atom. The molecule has 1 aliphatic heterocycles. The second-order valence-corrected chi connectivity index (χ2v) is 6.04. The average Bonchev–Trinajstić information content (AvgIpc) is 2.67. The van der Waals surface area contributed by atoms with Crippen molar-refractivity contribution < 1.29 is 9.90 Å². The van der Waals surface area contributed by atoms with E-state index < -0.39 is 11.5 Å². The molecule has 0 saturated heterocycles. The molecule has 1 unspecified atom stereocenters. The van der Waals surface area contributed by atoms with E-state index in [1.165, 1.54) is 0 Å². The van der Waals surface area contributed by atoms with Gasteiger partial charge in [-0.05, 0) is 43.9 Å². The summed E-state index contributed by atoms with van der Waals surface area (Å²) in [5.74, 6) is 0.0681. The average molecular weight is 286 g/mol. The minimum absolute atomic E-state index is 0.0681. The number of aliphatic hydroxyl groups is 1. The molecule has 1 N–H and O–H groups in total. The molecule has 0 saturated carbocycles. The highest BCUT2D eigenvalue weighted by atomic mass is 16.3. The molecule has 4 nitrogen and oxygen atoms in total. The van der Waals surface area contributed by atoms with Crippen molar-refractivity contribution in [2.45, 2.75) is 51.6 Å². The molecular weight excluding hydrogens is 264 g/mol. The standard InChI is InChI=1S/C17H22N2O2/c1-4-15(20)12-7-8-14-13(11-12)17(2,3)16(21)19(14)10-6-5-9-18/h7-8,11,15,20H,4-6,10H2,1-3H3. The Hall–Kier alpha value is -1.86. The summed E-state index contributed by atoms with van der Waals surface area (Å²) < 4.78 is 0. The first-order valence-corrected chi connectivity index (χ1v) is 7.44. The third-order valence-electron chi connectivity index (χ3n) is 4.21. The van der Waals surface area contributed by atoms with Gasteiger partial charge in [0.15, 0.2) is 0 Å². The van der Waals surface area contributed by atoms with Gasteiger partial charge in [-0.3, -0.25) is 4.79 Å². The number of nitrogens with zero attached hydrogens (tertiary/aromatic N) is 2. The molecule has 1 aromatic carbocycles. The molecule has 1 amide bonds. The summed E-state index contributed by atoms with van der Waals surface area (Å²) in [5, 5.41) is 18.6. The molecule has 1 heterocycles. The Morgan fingerprint density at radius 2 is 2.14 bits per heavy atom. The van der Waals surface area contributed by atoms with Gasteiger partial charge in [0.25, 0.3) is 0 Å². The number of benzene rings is 1. The van der Waals surface area contributed by atoms with Crippen molar-refractivity contribution in [1.82, 2.24) is 0 Å². The monoisotopic (exact) mass is 286 g/mol. The van der Waals surface area contributed by atoms with Gasteiger partial charge < -0.3 is 10.0 Å². The van der Waals surface area contributed by atoms with Crippen molar-refractivity contribution in [1.29, 1.82) is 5.26 Å². The maximum Gasteiger partial charge on any atom is 0.237 e. The maximum absolute atomic E-state index is 12.6. The molecule has 1 aromatic rings. The lowest BCUT2D eigenvalue weighted by Gasteiger charge is -2.19. The number of hydrogen-bond donors (Lipinski definition) is 1. The first-order chi connectivity index (χ1) is 9.93. The van der Waals surface area contributed by atoms with Gasteiger partial charge in [-0.15, -0.1) is 0 Å². The number of carbonyl (C=O) groups excluding carboxylic acids is 1. The molecule has 4 heteroatoms. The fraction of sp³-hybridized carbons (Fsp3) is 0.529. The van der Waals surface area contributed by atoms with Crippen LogP contribution in [-0.2, 0) is 10.2 Å². The highest BCUT2D eigenvalue weighted by molar-refractivity contribution is 6.07. The summed E-state index contributed by atoms with van der Waals surface area (Å²) in [7, 11) is 0. The first-order valence-electron chi connectivity index (χ1n) is 7.44. The SMILES string of the molecule is CCC(O)c1ccc2c(c1)C(C)(C)C(=O)N2CCCC#N. The van der Waals surface area contributed by atoms with Gasteiger partial charge in [0.05, 0.1) is 17.6 Å². The number of carbonyl (C=O) groups is 1. The summed E-state index contributed by atoms with van der Waals surface area (Å²) in [4.78, 5) is 14.4. The molecular formula is C17H22N2O2. The van der Waals surface area contributed by atoms with Crippen LogP contribution < -0.4 is 4.90 Å². The van der Waals surface area contributed by atoms with E-state index in [1.54, 1.807) is 4.90 Å². The molecule has 0 bridgehead atoms. The number of aliphatic hydroxyl groups excluding tert-OH is 1. The second-order valence-electron chi connectivity index (χ2n) is 6.04. The predicted molar refractivity (Wildman–Crippen MR) is 81.9 cm³/mol. The van der Waals surface area contributed by atoms with E-state index in [0.717, 1.165) is 16.8 Å². The number of unbranched alkanes of at least 4 members (excludes halogenated alkanes) is 1. The van der Waals surface area contributed by atoms with Crippen molar-refractivity contribution in [3.05, 3.63) is 29.3 Å². The van der Waals surface area contributed by atoms with Gasteiger partial charge in [-0.1, -0.05) is 19.1 Å². The summed E-state index contributed by atoms with van der Waals surface area (Å²) in [5.41, 5.74) is 2.16. The first kappa shape index (κ1) is 15.5. The zero-order valence-corrected chi connectivity index (χ0v) is 12.9. The Labute approximate surface area is 126 Å². The topological polar surface area (TPSA) is 64.3 Å². The van der Waals surface area contributed by atoms with Crippen molar-refractivity contribution >= 4 is 11.6 Å². The zero-order valence-electron chi connectivity index (χ0n) is 12.9. The van der Waals surface area contributed by atoms with Crippen molar-refractivity contribution in [3.63, 3.8) is 0 Å². The highest BCUT2D eigenvalue weighted by Crippen LogP contribution is 2.42. The lowest BCUT2D eigenvalue weighted by molar-refractivity contribution is -0.122. The fourth-order valence-electron chi connectivity index (χ4n) is 2.83. The number of nitriles is 1. The lowest BCUT2D eigenvalue weighted by atomic mass is 9.85. The van der Waals surface area contributed by atoms with Gasteiger partial charge in [-0.2, -0.15) is 5.26 Å². The molecule has 1 aliphatic rings. The van der Waals surface area contributed by atoms with Crippen LogP contribution in [0.2, 0.25) is 0 Å². The van der Waals surface area contributed by atoms with Crippen LogP contribution in [0.5, 0.6) is 0 Å². The van der Waals surface area contributed by atoms with Crippen molar-refractivity contribution in [2.24, 2.45) is 0 Å². The largest absolute Gasteiger partial charge is 0.388 e. The minimum atomic E-state index is -0.578. The molecule has 2 rings (SSSR count). The summed E-state index contributed by atoms with van der Waals surface area (Å²) >= 11 is 0. The van der Waals surface area contributed by atoms with Crippen LogP contribution in [0, 0.1) is 11.3 Å². The van der Waals surface area contributed by atoms with E-state index >= 15 is 0 Å². The Balaban J connectivity index is 2.37. The maximum atomic E-state index is 12.6. The Morgan fingerprint density at radius 3 is 2.76 bits per heavy atom. The normalized spacial score (nSPS) is 17.5. The molecule has 0 radical (unpaired) electrons. The van der Waals surface area contributed by atoms with Crippen LogP contribution in [0.15, 0.2) is 18.2 Å². The Bertz CT molecular complexity index is 587. The molecule has 0 spiro atoms. The van der Waals surface area contributed by atoms with Gasteiger partial charge in [0, 0.05) is 18.7 Å². The molecule has 112 valence electrons. The molecule has 1 atom stereocenters. The highest BCUT2D eigenvalue weighted by Gasteiger charge is 2.43. The van der Waals surface area contributed by atoms with Crippen LogP contribution in [0.25, 0.3) is 0 Å². The van der Waals surface area contributed by atoms with Crippen molar-refractivity contribution in [3.8, 4) is 6.07 Å². The van der Waals surface area contributed by atoms with E-state index in [1.807, 2.05) is 39.0 Å². The van der Waals surface area contributed by atoms with Gasteiger partial charge in [0.2, 0.25) is 5.91 Å². The lowest BCUT2D eigenvalue weighted by Crippen LogP contribution is -2.36. The van der Waals surface area contributed by atoms with Crippen LogP contribution in [-0.4, -0.2) is 17.6 Å². The van der Waals surface area contributed by atoms with Gasteiger partial charge in [-0.25, -0.2) is 0 Å². The summed E-state index contributed by atoms with van der Waals surface area (Å²) in [6.07, 6.45) is 1.29. The molecule has 21 heavy (non-hydrogen) atoms. The minimum Gasteiger partial charge on any atom is -0.388 e. The van der Waals surface area contributed by atoms with E-state index in [9.17, 15) is 9.90 Å². The van der Waals surface area contributed by atoms with Crippen LogP contribution in [0.4, 0.5) is 5.69 Å².